The van der Waals surface area contributed by atoms with Crippen LogP contribution in [0.5, 0.6) is 11.5 Å². The first-order valence-electron chi connectivity index (χ1n) is 8.41. The van der Waals surface area contributed by atoms with E-state index in [1.165, 1.54) is 18.2 Å². The van der Waals surface area contributed by atoms with Crippen LogP contribution >= 0.6 is 0 Å². The lowest BCUT2D eigenvalue weighted by molar-refractivity contribution is -0.141. The van der Waals surface area contributed by atoms with E-state index in [2.05, 4.69) is 15.7 Å². The highest BCUT2D eigenvalue weighted by Crippen LogP contribution is 2.43. The molecule has 4 rings (SSSR count). The number of benzene rings is 1. The van der Waals surface area contributed by atoms with E-state index in [-0.39, 0.29) is 30.5 Å². The van der Waals surface area contributed by atoms with Crippen LogP contribution in [0, 0.1) is 5.92 Å². The molecule has 3 heterocycles. The fraction of sp³-hybridized carbons (Fsp3) is 0.556. The van der Waals surface area contributed by atoms with Crippen LogP contribution in [0.4, 0.5) is 0 Å². The third-order valence-electron chi connectivity index (χ3n) is 5.33. The van der Waals surface area contributed by atoms with E-state index in [0.717, 1.165) is 24.5 Å². The molecular formula is C18H21NO5. The Hall–Kier alpha value is -2.08. The molecule has 1 fully saturated rings. The Kier molecular flexibility index (Phi) is 3.92. The number of hydrogen-bond donors (Lipinski definition) is 0. The van der Waals surface area contributed by atoms with E-state index < -0.39 is 0 Å². The zero-order chi connectivity index (χ0) is 16.7. The van der Waals surface area contributed by atoms with Gasteiger partial charge in [-0.05, 0) is 36.1 Å². The molecule has 3 aliphatic heterocycles. The van der Waals surface area contributed by atoms with Gasteiger partial charge in [-0.2, -0.15) is 0 Å². The van der Waals surface area contributed by atoms with Crippen LogP contribution in [0.1, 0.15) is 36.4 Å². The van der Waals surface area contributed by atoms with E-state index in [0.29, 0.717) is 25.8 Å². The number of ketones is 1. The Labute approximate surface area is 140 Å². The Morgan fingerprint density at radius 3 is 2.92 bits per heavy atom. The zero-order valence-electron chi connectivity index (χ0n) is 13.7. The van der Waals surface area contributed by atoms with Gasteiger partial charge in [0.1, 0.15) is 5.78 Å². The van der Waals surface area contributed by atoms with Crippen LogP contribution < -0.4 is 9.47 Å². The van der Waals surface area contributed by atoms with Crippen LogP contribution in [0.25, 0.3) is 0 Å². The lowest BCUT2D eigenvalue weighted by Crippen LogP contribution is -2.46. The second-order valence-corrected chi connectivity index (χ2v) is 6.65. The van der Waals surface area contributed by atoms with E-state index in [9.17, 15) is 9.59 Å². The number of Topliss-reactive ketones (excluding diaryl/α,β-unsaturated/α-hetero) is 1. The molecule has 2 atom stereocenters. The van der Waals surface area contributed by atoms with Gasteiger partial charge in [-0.15, -0.1) is 0 Å². The molecule has 0 radical (unpaired) electrons. The Morgan fingerprint density at radius 1 is 1.33 bits per heavy atom. The molecule has 1 aromatic carbocycles. The van der Waals surface area contributed by atoms with Gasteiger partial charge in [-0.3, -0.25) is 14.5 Å². The number of rotatable bonds is 3. The van der Waals surface area contributed by atoms with Crippen LogP contribution in [-0.4, -0.2) is 43.6 Å². The summed E-state index contributed by atoms with van der Waals surface area (Å²) in [6.07, 6.45) is 2.32. The van der Waals surface area contributed by atoms with Gasteiger partial charge in [0, 0.05) is 37.9 Å². The van der Waals surface area contributed by atoms with Gasteiger partial charge in [-0.25, -0.2) is 0 Å². The molecule has 0 N–H and O–H groups in total. The summed E-state index contributed by atoms with van der Waals surface area (Å²) in [6, 6.07) is 4.21. The van der Waals surface area contributed by atoms with Crippen LogP contribution in [0.2, 0.25) is 0 Å². The van der Waals surface area contributed by atoms with Crippen molar-refractivity contribution in [1.82, 2.24) is 4.90 Å². The number of methoxy groups -OCH3 is 1. The van der Waals surface area contributed by atoms with E-state index in [1.807, 2.05) is 6.07 Å². The largest absolute Gasteiger partial charge is 0.469 e. The molecule has 0 aliphatic carbocycles. The lowest BCUT2D eigenvalue weighted by Gasteiger charge is -2.42. The second-order valence-electron chi connectivity index (χ2n) is 6.65. The average molecular weight is 331 g/mol. The molecule has 0 amide bonds. The number of ether oxygens (including phenoxy) is 3. The summed E-state index contributed by atoms with van der Waals surface area (Å²) in [6.45, 7) is 1.91. The molecule has 6 heteroatoms. The summed E-state index contributed by atoms with van der Waals surface area (Å²) in [5.41, 5.74) is 2.44. The predicted molar refractivity (Wildman–Crippen MR) is 84.9 cm³/mol. The van der Waals surface area contributed by atoms with Crippen molar-refractivity contribution in [3.05, 3.63) is 23.3 Å². The SMILES string of the molecule is COC(=O)CC[C@H]1CN2CCc3cc4c(cc3[C@@H]2CC1=O)OCO4. The molecule has 3 aliphatic rings. The summed E-state index contributed by atoms with van der Waals surface area (Å²) >= 11 is 0. The molecule has 0 unspecified atom stereocenters. The number of nitrogens with zero attached hydrogens (tertiary/aromatic N) is 1. The number of piperidine rings is 1. The van der Waals surface area contributed by atoms with Crippen LogP contribution in [-0.2, 0) is 20.7 Å². The Balaban J connectivity index is 1.52. The number of esters is 1. The van der Waals surface area contributed by atoms with Crippen molar-refractivity contribution in [3.8, 4) is 11.5 Å². The first-order valence-corrected chi connectivity index (χ1v) is 8.41. The van der Waals surface area contributed by atoms with Gasteiger partial charge >= 0.3 is 5.97 Å². The standard InChI is InChI=1S/C18H21NO5/c1-22-18(21)3-2-12-9-19-5-4-11-6-16-17(24-10-23-16)7-13(11)14(19)8-15(12)20/h6-7,12,14H,2-5,8-10H2,1H3/t12-,14-/m0/s1. The topological polar surface area (TPSA) is 65.1 Å². The third-order valence-corrected chi connectivity index (χ3v) is 5.33. The Bertz CT molecular complexity index is 686. The Morgan fingerprint density at radius 2 is 2.12 bits per heavy atom. The molecule has 0 spiro atoms. The first-order chi connectivity index (χ1) is 11.7. The van der Waals surface area contributed by atoms with Crippen molar-refractivity contribution >= 4 is 11.8 Å². The molecule has 24 heavy (non-hydrogen) atoms. The minimum atomic E-state index is -0.248. The maximum Gasteiger partial charge on any atom is 0.305 e. The quantitative estimate of drug-likeness (QED) is 0.788. The van der Waals surface area contributed by atoms with Gasteiger partial charge in [0.15, 0.2) is 11.5 Å². The fourth-order valence-corrected chi connectivity index (χ4v) is 3.99. The smallest absolute Gasteiger partial charge is 0.305 e. The van der Waals surface area contributed by atoms with E-state index in [1.54, 1.807) is 0 Å². The molecule has 0 saturated carbocycles. The van der Waals surface area contributed by atoms with Crippen LogP contribution in [0.3, 0.4) is 0 Å². The molecule has 0 aromatic heterocycles. The van der Waals surface area contributed by atoms with Gasteiger partial charge in [-0.1, -0.05) is 0 Å². The maximum atomic E-state index is 12.6. The lowest BCUT2D eigenvalue weighted by atomic mass is 9.81. The van der Waals surface area contributed by atoms with Gasteiger partial charge < -0.3 is 14.2 Å². The van der Waals surface area contributed by atoms with Crippen LogP contribution in [0.15, 0.2) is 12.1 Å². The second kappa shape index (κ2) is 6.09. The van der Waals surface area contributed by atoms with Crippen molar-refractivity contribution in [2.45, 2.75) is 31.7 Å². The normalized spacial score (nSPS) is 25.1. The molecule has 6 nitrogen and oxygen atoms in total. The van der Waals surface area contributed by atoms with Crippen molar-refractivity contribution < 1.29 is 23.8 Å². The maximum absolute atomic E-state index is 12.6. The highest BCUT2D eigenvalue weighted by Gasteiger charge is 2.38. The predicted octanol–water partition coefficient (Wildman–Crippen LogP) is 1.86. The number of carbonyl (C=O) groups is 2. The molecule has 1 saturated heterocycles. The molecule has 0 bridgehead atoms. The van der Waals surface area contributed by atoms with Crippen molar-refractivity contribution in [3.63, 3.8) is 0 Å². The minimum Gasteiger partial charge on any atom is -0.469 e. The van der Waals surface area contributed by atoms with Gasteiger partial charge in [0.2, 0.25) is 6.79 Å². The zero-order valence-corrected chi connectivity index (χ0v) is 13.7. The van der Waals surface area contributed by atoms with Gasteiger partial charge in [0.05, 0.1) is 7.11 Å². The number of fused-ring (bicyclic) bond motifs is 4. The summed E-state index contributed by atoms with van der Waals surface area (Å²) in [7, 11) is 1.38. The highest BCUT2D eigenvalue weighted by atomic mass is 16.7. The average Bonchev–Trinajstić information content (AvgIpc) is 3.05. The minimum absolute atomic E-state index is 0.0732. The van der Waals surface area contributed by atoms with E-state index >= 15 is 0 Å². The summed E-state index contributed by atoms with van der Waals surface area (Å²) in [4.78, 5) is 26.3. The third kappa shape index (κ3) is 2.65. The van der Waals surface area contributed by atoms with E-state index in [4.69, 9.17) is 9.47 Å². The highest BCUT2D eigenvalue weighted by molar-refractivity contribution is 5.83. The summed E-state index contributed by atoms with van der Waals surface area (Å²) in [5, 5.41) is 0. The van der Waals surface area contributed by atoms with Crippen molar-refractivity contribution in [2.75, 3.05) is 27.0 Å². The summed E-state index contributed by atoms with van der Waals surface area (Å²) in [5.74, 6) is 1.50. The number of carbonyl (C=O) groups excluding carboxylic acids is 2. The monoisotopic (exact) mass is 331 g/mol. The van der Waals surface area contributed by atoms with Crippen molar-refractivity contribution in [2.24, 2.45) is 5.92 Å². The molecule has 1 aromatic rings. The molecule has 128 valence electrons. The van der Waals surface area contributed by atoms with Gasteiger partial charge in [0.25, 0.3) is 0 Å². The number of hydrogen-bond acceptors (Lipinski definition) is 6. The first kappa shape index (κ1) is 15.4. The van der Waals surface area contributed by atoms with Crippen molar-refractivity contribution in [1.29, 1.82) is 0 Å². The fourth-order valence-electron chi connectivity index (χ4n) is 3.99. The summed E-state index contributed by atoms with van der Waals surface area (Å²) < 4.78 is 15.6. The molecular weight excluding hydrogens is 310 g/mol.